The van der Waals surface area contributed by atoms with Gasteiger partial charge >= 0.3 is 0 Å². The molecule has 1 aromatic carbocycles. The lowest BCUT2D eigenvalue weighted by Gasteiger charge is -2.20. The summed E-state index contributed by atoms with van der Waals surface area (Å²) in [7, 11) is 0. The lowest BCUT2D eigenvalue weighted by atomic mass is 9.87. The van der Waals surface area contributed by atoms with Crippen molar-refractivity contribution in [2.75, 3.05) is 0 Å². The smallest absolute Gasteiger partial charge is 0.134 e. The highest BCUT2D eigenvalue weighted by molar-refractivity contribution is 9.10. The van der Waals surface area contributed by atoms with Crippen LogP contribution in [0.2, 0.25) is 0 Å². The van der Waals surface area contributed by atoms with Crippen LogP contribution in [0.15, 0.2) is 10.5 Å². The lowest BCUT2D eigenvalue weighted by Crippen LogP contribution is -2.06. The van der Waals surface area contributed by atoms with Gasteiger partial charge in [0.2, 0.25) is 0 Å². The minimum absolute atomic E-state index is 0.247. The quantitative estimate of drug-likeness (QED) is 0.848. The van der Waals surface area contributed by atoms with Crippen LogP contribution >= 0.6 is 15.9 Å². The summed E-state index contributed by atoms with van der Waals surface area (Å²) in [4.78, 5) is 0. The Bertz CT molecular complexity index is 434. The molecule has 1 aliphatic rings. The molecule has 2 nitrogen and oxygen atoms in total. The van der Waals surface area contributed by atoms with Gasteiger partial charge in [0.15, 0.2) is 0 Å². The van der Waals surface area contributed by atoms with E-state index in [0.29, 0.717) is 10.9 Å². The van der Waals surface area contributed by atoms with E-state index in [4.69, 9.17) is 5.26 Å². The van der Waals surface area contributed by atoms with Gasteiger partial charge < -0.3 is 5.11 Å². The van der Waals surface area contributed by atoms with Crippen LogP contribution in [0.25, 0.3) is 0 Å². The fourth-order valence-electron chi connectivity index (χ4n) is 2.21. The molecule has 0 bridgehead atoms. The minimum atomic E-state index is 0.247. The number of nitrogens with zero attached hydrogens (tertiary/aromatic N) is 1. The van der Waals surface area contributed by atoms with Gasteiger partial charge in [-0.1, -0.05) is 0 Å². The van der Waals surface area contributed by atoms with Crippen LogP contribution in [0.4, 0.5) is 0 Å². The Balaban J connectivity index is 2.58. The zero-order valence-electron chi connectivity index (χ0n) is 8.39. The second-order valence-corrected chi connectivity index (χ2v) is 4.72. The Morgan fingerprint density at radius 2 is 2.13 bits per heavy atom. The Labute approximate surface area is 97.7 Å². The van der Waals surface area contributed by atoms with Gasteiger partial charge in [-0.3, -0.25) is 0 Å². The van der Waals surface area contributed by atoms with Crippen molar-refractivity contribution in [1.82, 2.24) is 0 Å². The molecule has 2 rings (SSSR count). The van der Waals surface area contributed by atoms with Crippen molar-refractivity contribution >= 4 is 15.9 Å². The van der Waals surface area contributed by atoms with Crippen LogP contribution in [0.5, 0.6) is 5.75 Å². The summed E-state index contributed by atoms with van der Waals surface area (Å²) in [6.45, 7) is 0. The van der Waals surface area contributed by atoms with E-state index in [1.807, 2.05) is 6.07 Å². The molecule has 15 heavy (non-hydrogen) atoms. The van der Waals surface area contributed by atoms with Crippen molar-refractivity contribution in [2.45, 2.75) is 32.1 Å². The van der Waals surface area contributed by atoms with E-state index in [1.54, 1.807) is 0 Å². The van der Waals surface area contributed by atoms with Gasteiger partial charge in [0.05, 0.1) is 17.0 Å². The van der Waals surface area contributed by atoms with Gasteiger partial charge in [-0.15, -0.1) is 0 Å². The highest BCUT2D eigenvalue weighted by Gasteiger charge is 2.18. The number of aryl methyl sites for hydroxylation is 1. The third-order valence-corrected chi connectivity index (χ3v) is 3.55. The first-order valence-electron chi connectivity index (χ1n) is 5.13. The summed E-state index contributed by atoms with van der Waals surface area (Å²) >= 11 is 3.34. The number of benzene rings is 1. The summed E-state index contributed by atoms with van der Waals surface area (Å²) in [5, 5.41) is 18.6. The molecule has 1 aromatic rings. The highest BCUT2D eigenvalue weighted by Crippen LogP contribution is 2.36. The predicted molar refractivity (Wildman–Crippen MR) is 61.8 cm³/mol. The number of fused-ring (bicyclic) bond motifs is 1. The number of rotatable bonds is 1. The number of aromatic hydroxyl groups is 1. The molecule has 1 N–H and O–H groups in total. The van der Waals surface area contributed by atoms with E-state index in [9.17, 15) is 5.11 Å². The second kappa shape index (κ2) is 4.24. The Morgan fingerprint density at radius 1 is 1.40 bits per heavy atom. The minimum Gasteiger partial charge on any atom is -0.506 e. The van der Waals surface area contributed by atoms with E-state index in [2.05, 4.69) is 22.0 Å². The van der Waals surface area contributed by atoms with Crippen LogP contribution in [-0.4, -0.2) is 5.11 Å². The average Bonchev–Trinajstić information content (AvgIpc) is 2.25. The maximum Gasteiger partial charge on any atom is 0.134 e. The van der Waals surface area contributed by atoms with Crippen LogP contribution < -0.4 is 0 Å². The van der Waals surface area contributed by atoms with Crippen molar-refractivity contribution in [3.05, 3.63) is 27.2 Å². The van der Waals surface area contributed by atoms with Crippen molar-refractivity contribution < 1.29 is 5.11 Å². The molecule has 0 amide bonds. The summed E-state index contributed by atoms with van der Waals surface area (Å²) < 4.78 is 0.716. The zero-order chi connectivity index (χ0) is 10.8. The van der Waals surface area contributed by atoms with E-state index in [-0.39, 0.29) is 5.75 Å². The summed E-state index contributed by atoms with van der Waals surface area (Å²) in [5.41, 5.74) is 3.31. The standard InChI is InChI=1S/C12H12BrNO/c13-11-7-8-3-1-2-4-9(8)10(5-6-14)12(11)15/h7,15H,1-5H2. The van der Waals surface area contributed by atoms with Crippen LogP contribution in [0.3, 0.4) is 0 Å². The molecule has 0 saturated carbocycles. The van der Waals surface area contributed by atoms with Crippen molar-refractivity contribution in [1.29, 1.82) is 5.26 Å². The van der Waals surface area contributed by atoms with Gasteiger partial charge in [-0.2, -0.15) is 5.26 Å². The number of phenolic OH excluding ortho intramolecular Hbond substituents is 1. The molecule has 3 heteroatoms. The maximum absolute atomic E-state index is 9.89. The zero-order valence-corrected chi connectivity index (χ0v) is 9.97. The van der Waals surface area contributed by atoms with E-state index in [0.717, 1.165) is 24.8 Å². The van der Waals surface area contributed by atoms with E-state index < -0.39 is 0 Å². The summed E-state index contributed by atoms with van der Waals surface area (Å²) in [6, 6.07) is 4.11. The number of phenols is 1. The van der Waals surface area contributed by atoms with Gasteiger partial charge in [0, 0.05) is 5.56 Å². The third-order valence-electron chi connectivity index (χ3n) is 2.94. The van der Waals surface area contributed by atoms with E-state index in [1.165, 1.54) is 17.5 Å². The molecule has 0 heterocycles. The number of halogens is 1. The fourth-order valence-corrected chi connectivity index (χ4v) is 2.73. The first-order valence-corrected chi connectivity index (χ1v) is 5.92. The average molecular weight is 266 g/mol. The SMILES string of the molecule is N#CCc1c(O)c(Br)cc2c1CCCC2. The maximum atomic E-state index is 9.89. The number of hydrogen-bond donors (Lipinski definition) is 1. The molecule has 1 aliphatic carbocycles. The van der Waals surface area contributed by atoms with Crippen LogP contribution in [-0.2, 0) is 19.3 Å². The molecule has 0 atom stereocenters. The third kappa shape index (κ3) is 1.87. The molecular formula is C12H12BrNO. The van der Waals surface area contributed by atoms with Crippen molar-refractivity contribution in [3.63, 3.8) is 0 Å². The lowest BCUT2D eigenvalue weighted by molar-refractivity contribution is 0.463. The van der Waals surface area contributed by atoms with Crippen LogP contribution in [0.1, 0.15) is 29.5 Å². The molecule has 0 spiro atoms. The second-order valence-electron chi connectivity index (χ2n) is 3.87. The molecule has 0 aliphatic heterocycles. The Kier molecular flexibility index (Phi) is 2.97. The molecule has 0 radical (unpaired) electrons. The molecule has 0 aromatic heterocycles. The topological polar surface area (TPSA) is 44.0 Å². The predicted octanol–water partition coefficient (Wildman–Crippen LogP) is 3.10. The normalized spacial score (nSPS) is 14.4. The monoisotopic (exact) mass is 265 g/mol. The van der Waals surface area contributed by atoms with Gasteiger partial charge in [-0.05, 0) is 58.8 Å². The Morgan fingerprint density at radius 3 is 2.87 bits per heavy atom. The van der Waals surface area contributed by atoms with Crippen molar-refractivity contribution in [3.8, 4) is 11.8 Å². The molecule has 0 unspecified atom stereocenters. The Hall–Kier alpha value is -1.01. The summed E-state index contributed by atoms with van der Waals surface area (Å²) in [6.07, 6.45) is 4.72. The number of hydrogen-bond acceptors (Lipinski definition) is 2. The van der Waals surface area contributed by atoms with Crippen LogP contribution in [0, 0.1) is 11.3 Å². The highest BCUT2D eigenvalue weighted by atomic mass is 79.9. The first-order chi connectivity index (χ1) is 7.24. The first kappa shape index (κ1) is 10.5. The van der Waals surface area contributed by atoms with Gasteiger partial charge in [-0.25, -0.2) is 0 Å². The molecule has 0 saturated heterocycles. The van der Waals surface area contributed by atoms with Crippen molar-refractivity contribution in [2.24, 2.45) is 0 Å². The van der Waals surface area contributed by atoms with Gasteiger partial charge in [0.25, 0.3) is 0 Å². The fraction of sp³-hybridized carbons (Fsp3) is 0.417. The largest absolute Gasteiger partial charge is 0.506 e. The van der Waals surface area contributed by atoms with E-state index >= 15 is 0 Å². The molecular weight excluding hydrogens is 254 g/mol. The number of nitriles is 1. The molecule has 0 fully saturated rings. The van der Waals surface area contributed by atoms with Gasteiger partial charge in [0.1, 0.15) is 5.75 Å². The molecule has 78 valence electrons. The summed E-state index contributed by atoms with van der Waals surface area (Å²) in [5.74, 6) is 0.247.